The summed E-state index contributed by atoms with van der Waals surface area (Å²) in [5.41, 5.74) is 2.74. The van der Waals surface area contributed by atoms with Crippen molar-refractivity contribution in [2.24, 2.45) is 0 Å². The Morgan fingerprint density at radius 3 is 2.76 bits per heavy atom. The van der Waals surface area contributed by atoms with Crippen LogP contribution in [0.2, 0.25) is 0 Å². The highest BCUT2D eigenvalue weighted by Crippen LogP contribution is 2.13. The van der Waals surface area contributed by atoms with Gasteiger partial charge in [0.25, 0.3) is 0 Å². The van der Waals surface area contributed by atoms with Gasteiger partial charge in [0.2, 0.25) is 0 Å². The zero-order chi connectivity index (χ0) is 12.5. The first kappa shape index (κ1) is 14.6. The molecule has 0 aromatic heterocycles. The minimum atomic E-state index is 0.468. The second-order valence-corrected chi connectivity index (χ2v) is 5.63. The van der Waals surface area contributed by atoms with Gasteiger partial charge in [-0.1, -0.05) is 36.2 Å². The Bertz CT molecular complexity index is 312. The van der Waals surface area contributed by atoms with E-state index in [1.54, 1.807) is 0 Å². The minimum Gasteiger partial charge on any atom is -0.310 e. The Morgan fingerprint density at radius 2 is 2.06 bits per heavy atom. The molecule has 0 spiro atoms. The van der Waals surface area contributed by atoms with Gasteiger partial charge in [0.05, 0.1) is 0 Å². The van der Waals surface area contributed by atoms with Crippen LogP contribution in [-0.2, 0) is 0 Å². The maximum atomic E-state index is 3.60. The molecule has 0 saturated heterocycles. The van der Waals surface area contributed by atoms with Gasteiger partial charge in [-0.2, -0.15) is 11.8 Å². The van der Waals surface area contributed by atoms with Crippen molar-refractivity contribution >= 4 is 11.8 Å². The lowest BCUT2D eigenvalue weighted by molar-refractivity contribution is 0.544. The fraction of sp³-hybridized carbons (Fsp3) is 0.600. The highest BCUT2D eigenvalue weighted by Gasteiger charge is 2.03. The maximum Gasteiger partial charge on any atom is 0.0291 e. The summed E-state index contributed by atoms with van der Waals surface area (Å²) in [4.78, 5) is 0. The van der Waals surface area contributed by atoms with Crippen LogP contribution in [0.4, 0.5) is 0 Å². The van der Waals surface area contributed by atoms with Crippen LogP contribution in [-0.4, -0.2) is 18.6 Å². The van der Waals surface area contributed by atoms with Crippen molar-refractivity contribution in [2.75, 3.05) is 18.6 Å². The Kier molecular flexibility index (Phi) is 7.38. The number of unbranched alkanes of at least 4 members (excludes halogenated alkanes) is 2. The number of benzene rings is 1. The number of rotatable bonds is 8. The molecular formula is C15H25NS. The quantitative estimate of drug-likeness (QED) is 0.696. The SMILES string of the molecule is CSCCCCCNC(C)c1cccc(C)c1. The average Bonchev–Trinajstić information content (AvgIpc) is 2.33. The molecule has 0 aliphatic rings. The van der Waals surface area contributed by atoms with Crippen molar-refractivity contribution in [3.05, 3.63) is 35.4 Å². The number of thioether (sulfide) groups is 1. The smallest absolute Gasteiger partial charge is 0.0291 e. The fourth-order valence-corrected chi connectivity index (χ4v) is 2.42. The van der Waals surface area contributed by atoms with Gasteiger partial charge in [0.1, 0.15) is 0 Å². The molecule has 96 valence electrons. The van der Waals surface area contributed by atoms with E-state index in [9.17, 15) is 0 Å². The van der Waals surface area contributed by atoms with Gasteiger partial charge < -0.3 is 5.32 Å². The van der Waals surface area contributed by atoms with Crippen LogP contribution in [0.5, 0.6) is 0 Å². The summed E-state index contributed by atoms with van der Waals surface area (Å²) in [5, 5.41) is 3.60. The molecule has 0 amide bonds. The summed E-state index contributed by atoms with van der Waals surface area (Å²) in [6.07, 6.45) is 6.16. The molecule has 1 atom stereocenters. The predicted molar refractivity (Wildman–Crippen MR) is 79.8 cm³/mol. The van der Waals surface area contributed by atoms with Crippen LogP contribution < -0.4 is 5.32 Å². The lowest BCUT2D eigenvalue weighted by Gasteiger charge is -2.14. The summed E-state index contributed by atoms with van der Waals surface area (Å²) in [7, 11) is 0. The van der Waals surface area contributed by atoms with Gasteiger partial charge in [-0.25, -0.2) is 0 Å². The average molecular weight is 251 g/mol. The molecule has 2 heteroatoms. The molecule has 1 nitrogen and oxygen atoms in total. The third-order valence-electron chi connectivity index (χ3n) is 3.02. The Balaban J connectivity index is 2.19. The first-order valence-corrected chi connectivity index (χ1v) is 7.92. The van der Waals surface area contributed by atoms with Gasteiger partial charge in [-0.15, -0.1) is 0 Å². The maximum absolute atomic E-state index is 3.60. The van der Waals surface area contributed by atoms with Gasteiger partial charge in [-0.3, -0.25) is 0 Å². The zero-order valence-corrected chi connectivity index (χ0v) is 12.1. The molecule has 1 N–H and O–H groups in total. The minimum absolute atomic E-state index is 0.468. The van der Waals surface area contributed by atoms with Gasteiger partial charge >= 0.3 is 0 Å². The largest absolute Gasteiger partial charge is 0.310 e. The van der Waals surface area contributed by atoms with E-state index in [4.69, 9.17) is 0 Å². The van der Waals surface area contributed by atoms with E-state index >= 15 is 0 Å². The molecule has 1 aromatic carbocycles. The number of hydrogen-bond donors (Lipinski definition) is 1. The molecular weight excluding hydrogens is 226 g/mol. The molecule has 0 aliphatic carbocycles. The standard InChI is InChI=1S/C15H25NS/c1-13-8-7-9-15(12-13)14(2)16-10-5-4-6-11-17-3/h7-9,12,14,16H,4-6,10-11H2,1-3H3. The number of aryl methyl sites for hydroxylation is 1. The molecule has 0 radical (unpaired) electrons. The lowest BCUT2D eigenvalue weighted by atomic mass is 10.1. The summed E-state index contributed by atoms with van der Waals surface area (Å²) in [5.74, 6) is 1.30. The van der Waals surface area contributed by atoms with Crippen LogP contribution >= 0.6 is 11.8 Å². The molecule has 17 heavy (non-hydrogen) atoms. The van der Waals surface area contributed by atoms with E-state index in [1.165, 1.54) is 36.1 Å². The highest BCUT2D eigenvalue weighted by molar-refractivity contribution is 7.98. The first-order valence-electron chi connectivity index (χ1n) is 6.53. The Hall–Kier alpha value is -0.470. The van der Waals surface area contributed by atoms with E-state index in [-0.39, 0.29) is 0 Å². The molecule has 1 aromatic rings. The van der Waals surface area contributed by atoms with E-state index in [2.05, 4.69) is 49.7 Å². The topological polar surface area (TPSA) is 12.0 Å². The second-order valence-electron chi connectivity index (χ2n) is 4.64. The van der Waals surface area contributed by atoms with Crippen molar-refractivity contribution < 1.29 is 0 Å². The van der Waals surface area contributed by atoms with Gasteiger partial charge in [0, 0.05) is 6.04 Å². The van der Waals surface area contributed by atoms with E-state index in [0.29, 0.717) is 6.04 Å². The molecule has 1 rings (SSSR count). The van der Waals surface area contributed by atoms with Crippen molar-refractivity contribution in [2.45, 2.75) is 39.2 Å². The Morgan fingerprint density at radius 1 is 1.24 bits per heavy atom. The van der Waals surface area contributed by atoms with Crippen molar-refractivity contribution in [3.63, 3.8) is 0 Å². The van der Waals surface area contributed by atoms with Gasteiger partial charge in [0.15, 0.2) is 0 Å². The summed E-state index contributed by atoms with van der Waals surface area (Å²) < 4.78 is 0. The van der Waals surface area contributed by atoms with Crippen LogP contribution in [0, 0.1) is 6.92 Å². The van der Waals surface area contributed by atoms with E-state index in [0.717, 1.165) is 6.54 Å². The van der Waals surface area contributed by atoms with Crippen molar-refractivity contribution in [1.82, 2.24) is 5.32 Å². The third kappa shape index (κ3) is 6.13. The van der Waals surface area contributed by atoms with E-state index in [1.807, 2.05) is 11.8 Å². The molecule has 0 aliphatic heterocycles. The van der Waals surface area contributed by atoms with Crippen LogP contribution in [0.1, 0.15) is 43.4 Å². The fourth-order valence-electron chi connectivity index (χ4n) is 1.92. The zero-order valence-electron chi connectivity index (χ0n) is 11.3. The summed E-state index contributed by atoms with van der Waals surface area (Å²) >= 11 is 1.94. The molecule has 1 unspecified atom stereocenters. The monoisotopic (exact) mass is 251 g/mol. The number of nitrogens with one attached hydrogen (secondary N) is 1. The molecule has 0 bridgehead atoms. The van der Waals surface area contributed by atoms with Gasteiger partial charge in [-0.05, 0) is 50.8 Å². The molecule has 0 heterocycles. The van der Waals surface area contributed by atoms with E-state index < -0.39 is 0 Å². The lowest BCUT2D eigenvalue weighted by Crippen LogP contribution is -2.19. The Labute approximate surface area is 110 Å². The summed E-state index contributed by atoms with van der Waals surface area (Å²) in [6, 6.07) is 9.24. The van der Waals surface area contributed by atoms with Crippen LogP contribution in [0.3, 0.4) is 0 Å². The second kappa shape index (κ2) is 8.60. The molecule has 0 saturated carbocycles. The van der Waals surface area contributed by atoms with Crippen LogP contribution in [0.25, 0.3) is 0 Å². The van der Waals surface area contributed by atoms with Crippen molar-refractivity contribution in [3.8, 4) is 0 Å². The summed E-state index contributed by atoms with van der Waals surface area (Å²) in [6.45, 7) is 5.53. The predicted octanol–water partition coefficient (Wildman–Crippen LogP) is 4.18. The normalized spacial score (nSPS) is 12.6. The first-order chi connectivity index (χ1) is 8.24. The third-order valence-corrected chi connectivity index (χ3v) is 3.71. The molecule has 0 fully saturated rings. The van der Waals surface area contributed by atoms with Crippen molar-refractivity contribution in [1.29, 1.82) is 0 Å². The van der Waals surface area contributed by atoms with Crippen LogP contribution in [0.15, 0.2) is 24.3 Å². The number of hydrogen-bond acceptors (Lipinski definition) is 2. The highest BCUT2D eigenvalue weighted by atomic mass is 32.2.